The first kappa shape index (κ1) is 15.8. The van der Waals surface area contributed by atoms with Crippen LogP contribution in [0.3, 0.4) is 0 Å². The van der Waals surface area contributed by atoms with Crippen molar-refractivity contribution in [2.75, 3.05) is 7.11 Å². The molecule has 1 N–H and O–H groups in total. The van der Waals surface area contributed by atoms with Gasteiger partial charge >= 0.3 is 0 Å². The summed E-state index contributed by atoms with van der Waals surface area (Å²) in [5.74, 6) is 0.557. The van der Waals surface area contributed by atoms with E-state index in [-0.39, 0.29) is 11.4 Å². The number of benzene rings is 2. The van der Waals surface area contributed by atoms with Gasteiger partial charge in [-0.15, -0.1) is 0 Å². The van der Waals surface area contributed by atoms with Crippen molar-refractivity contribution in [2.45, 2.75) is 18.4 Å². The van der Waals surface area contributed by atoms with Crippen molar-refractivity contribution >= 4 is 21.6 Å². The Morgan fingerprint density at radius 1 is 1.14 bits per heavy atom. The van der Waals surface area contributed by atoms with Crippen molar-refractivity contribution in [2.24, 2.45) is 0 Å². The number of sulfonamides is 1. The fourth-order valence-electron chi connectivity index (χ4n) is 1.80. The molecule has 0 aliphatic rings. The van der Waals surface area contributed by atoms with Gasteiger partial charge in [-0.05, 0) is 36.8 Å². The zero-order valence-electron chi connectivity index (χ0n) is 11.8. The molecular weight excluding hydrogens is 310 g/mol. The smallest absolute Gasteiger partial charge is 0.240 e. The topological polar surface area (TPSA) is 55.4 Å². The van der Waals surface area contributed by atoms with Crippen LogP contribution in [0.2, 0.25) is 5.02 Å². The van der Waals surface area contributed by atoms with Gasteiger partial charge in [0.2, 0.25) is 10.0 Å². The minimum Gasteiger partial charge on any atom is -0.495 e. The summed E-state index contributed by atoms with van der Waals surface area (Å²) in [5.41, 5.74) is 1.77. The third-order valence-electron chi connectivity index (χ3n) is 3.01. The molecule has 0 aromatic heterocycles. The Morgan fingerprint density at radius 2 is 1.81 bits per heavy atom. The number of halogens is 1. The highest BCUT2D eigenvalue weighted by atomic mass is 35.5. The van der Waals surface area contributed by atoms with Crippen LogP contribution in [0.4, 0.5) is 0 Å². The summed E-state index contributed by atoms with van der Waals surface area (Å²) in [6.07, 6.45) is 0. The molecule has 0 heterocycles. The maximum atomic E-state index is 12.2. The first-order valence-corrected chi connectivity index (χ1v) is 8.17. The minimum absolute atomic E-state index is 0.167. The van der Waals surface area contributed by atoms with Crippen molar-refractivity contribution in [1.82, 2.24) is 4.72 Å². The number of nitrogens with one attached hydrogen (secondary N) is 1. The van der Waals surface area contributed by atoms with Crippen LogP contribution in [0.15, 0.2) is 47.4 Å². The van der Waals surface area contributed by atoms with Crippen LogP contribution >= 0.6 is 11.6 Å². The Balaban J connectivity index is 2.11. The molecule has 0 saturated carbocycles. The Hall–Kier alpha value is -1.56. The quantitative estimate of drug-likeness (QED) is 0.918. The maximum Gasteiger partial charge on any atom is 0.240 e. The van der Waals surface area contributed by atoms with E-state index in [9.17, 15) is 8.42 Å². The fraction of sp³-hybridized carbons (Fsp3) is 0.200. The number of hydrogen-bond donors (Lipinski definition) is 1. The molecule has 0 aliphatic carbocycles. The molecular formula is C15H16ClNO3S. The molecule has 21 heavy (non-hydrogen) atoms. The van der Waals surface area contributed by atoms with Crippen LogP contribution in [-0.4, -0.2) is 15.5 Å². The lowest BCUT2D eigenvalue weighted by Gasteiger charge is -2.09. The van der Waals surface area contributed by atoms with Crippen LogP contribution in [0.1, 0.15) is 11.1 Å². The second-order valence-electron chi connectivity index (χ2n) is 4.61. The van der Waals surface area contributed by atoms with E-state index in [2.05, 4.69) is 4.72 Å². The highest BCUT2D eigenvalue weighted by molar-refractivity contribution is 7.89. The molecule has 0 saturated heterocycles. The Morgan fingerprint density at radius 3 is 2.38 bits per heavy atom. The van der Waals surface area contributed by atoms with E-state index in [1.165, 1.54) is 7.11 Å². The van der Waals surface area contributed by atoms with Crippen LogP contribution in [-0.2, 0) is 16.6 Å². The number of aryl methyl sites for hydroxylation is 1. The average molecular weight is 326 g/mol. The van der Waals surface area contributed by atoms with Crippen molar-refractivity contribution in [3.8, 4) is 5.75 Å². The number of hydrogen-bond acceptors (Lipinski definition) is 3. The molecule has 0 bridgehead atoms. The largest absolute Gasteiger partial charge is 0.495 e. The van der Waals surface area contributed by atoms with Gasteiger partial charge in [-0.25, -0.2) is 13.1 Å². The fourth-order valence-corrected chi connectivity index (χ4v) is 3.10. The van der Waals surface area contributed by atoms with Crippen LogP contribution in [0, 0.1) is 6.92 Å². The molecule has 4 nitrogen and oxygen atoms in total. The van der Waals surface area contributed by atoms with Crippen molar-refractivity contribution in [3.05, 3.63) is 58.6 Å². The van der Waals surface area contributed by atoms with Gasteiger partial charge in [0, 0.05) is 6.54 Å². The first-order valence-electron chi connectivity index (χ1n) is 6.31. The number of methoxy groups -OCH3 is 1. The summed E-state index contributed by atoms with van der Waals surface area (Å²) in [6, 6.07) is 11.8. The van der Waals surface area contributed by atoms with Gasteiger partial charge in [-0.3, -0.25) is 0 Å². The molecule has 0 fully saturated rings. The van der Waals surface area contributed by atoms with E-state index in [1.807, 2.05) is 6.92 Å². The van der Waals surface area contributed by atoms with Gasteiger partial charge in [-0.2, -0.15) is 0 Å². The van der Waals surface area contributed by atoms with Gasteiger partial charge in [0.05, 0.1) is 17.0 Å². The second-order valence-corrected chi connectivity index (χ2v) is 6.78. The molecule has 0 spiro atoms. The minimum atomic E-state index is -3.53. The lowest BCUT2D eigenvalue weighted by molar-refractivity contribution is 0.415. The molecule has 0 atom stereocenters. The van der Waals surface area contributed by atoms with Crippen molar-refractivity contribution in [3.63, 3.8) is 0 Å². The summed E-state index contributed by atoms with van der Waals surface area (Å²) in [5, 5.41) is 0.449. The Labute approximate surface area is 129 Å². The van der Waals surface area contributed by atoms with Gasteiger partial charge in [-0.1, -0.05) is 35.4 Å². The number of rotatable bonds is 5. The predicted molar refractivity (Wildman–Crippen MR) is 83.2 cm³/mol. The van der Waals surface area contributed by atoms with Crippen LogP contribution in [0.5, 0.6) is 5.75 Å². The van der Waals surface area contributed by atoms with E-state index >= 15 is 0 Å². The summed E-state index contributed by atoms with van der Waals surface area (Å²) in [4.78, 5) is 0.243. The molecule has 0 amide bonds. The zero-order valence-corrected chi connectivity index (χ0v) is 13.3. The van der Waals surface area contributed by atoms with Gasteiger partial charge in [0.1, 0.15) is 5.75 Å². The molecule has 0 radical (unpaired) electrons. The van der Waals surface area contributed by atoms with Crippen molar-refractivity contribution < 1.29 is 13.2 Å². The first-order chi connectivity index (χ1) is 9.92. The lowest BCUT2D eigenvalue weighted by atomic mass is 10.2. The molecule has 0 aliphatic heterocycles. The summed E-state index contributed by atoms with van der Waals surface area (Å²) in [6.45, 7) is 2.07. The van der Waals surface area contributed by atoms with Gasteiger partial charge in [0.15, 0.2) is 0 Å². The Kier molecular flexibility index (Phi) is 4.88. The third-order valence-corrected chi connectivity index (χ3v) is 4.73. The standard InChI is InChI=1S/C15H16ClNO3S/c1-11-3-6-13(7-4-11)21(18,19)17-10-12-5-8-15(20-2)14(16)9-12/h3-9,17H,10H2,1-2H3. The van der Waals surface area contributed by atoms with E-state index in [4.69, 9.17) is 16.3 Å². The van der Waals surface area contributed by atoms with Gasteiger partial charge < -0.3 is 4.74 Å². The zero-order chi connectivity index (χ0) is 15.5. The molecule has 112 valence electrons. The monoisotopic (exact) mass is 325 g/mol. The van der Waals surface area contributed by atoms with E-state index < -0.39 is 10.0 Å². The molecule has 6 heteroatoms. The normalized spacial score (nSPS) is 11.4. The average Bonchev–Trinajstić information content (AvgIpc) is 2.46. The summed E-state index contributed by atoms with van der Waals surface area (Å²) in [7, 11) is -2.00. The summed E-state index contributed by atoms with van der Waals surface area (Å²) < 4.78 is 31.9. The molecule has 2 aromatic rings. The maximum absolute atomic E-state index is 12.2. The van der Waals surface area contributed by atoms with E-state index in [0.717, 1.165) is 11.1 Å². The molecule has 2 rings (SSSR count). The highest BCUT2D eigenvalue weighted by Crippen LogP contribution is 2.25. The van der Waals surface area contributed by atoms with E-state index in [1.54, 1.807) is 42.5 Å². The molecule has 2 aromatic carbocycles. The summed E-state index contributed by atoms with van der Waals surface area (Å²) >= 11 is 6.01. The van der Waals surface area contributed by atoms with Crippen molar-refractivity contribution in [1.29, 1.82) is 0 Å². The molecule has 0 unspecified atom stereocenters. The second kappa shape index (κ2) is 6.47. The SMILES string of the molecule is COc1ccc(CNS(=O)(=O)c2ccc(C)cc2)cc1Cl. The van der Waals surface area contributed by atoms with E-state index in [0.29, 0.717) is 10.8 Å². The van der Waals surface area contributed by atoms with Gasteiger partial charge in [0.25, 0.3) is 0 Å². The highest BCUT2D eigenvalue weighted by Gasteiger charge is 2.13. The predicted octanol–water partition coefficient (Wildman–Crippen LogP) is 3.14. The number of ether oxygens (including phenoxy) is 1. The third kappa shape index (κ3) is 3.97. The lowest BCUT2D eigenvalue weighted by Crippen LogP contribution is -2.23. The Bertz CT molecular complexity index is 727. The van der Waals surface area contributed by atoms with Crippen LogP contribution < -0.4 is 9.46 Å². The van der Waals surface area contributed by atoms with Crippen LogP contribution in [0.25, 0.3) is 0 Å².